The molecule has 0 saturated carbocycles. The molecule has 1 unspecified atom stereocenters. The zero-order valence-electron chi connectivity index (χ0n) is 10.9. The number of nitrogens with two attached hydrogens (primary N) is 1. The minimum absolute atomic E-state index is 0.149. The Hall–Kier alpha value is -2.05. The highest BCUT2D eigenvalue weighted by molar-refractivity contribution is 5.51. The van der Waals surface area contributed by atoms with Crippen molar-refractivity contribution in [3.05, 3.63) is 36.4 Å². The van der Waals surface area contributed by atoms with Gasteiger partial charge in [0.15, 0.2) is 0 Å². The topological polar surface area (TPSA) is 82.5 Å². The number of rotatable bonds is 5. The molecule has 102 valence electrons. The van der Waals surface area contributed by atoms with Crippen molar-refractivity contribution in [2.24, 2.45) is 5.73 Å². The number of ether oxygens (including phenoxy) is 2. The molecular formula is C13H17N3O3. The fourth-order valence-electron chi connectivity index (χ4n) is 1.86. The Kier molecular flexibility index (Phi) is 4.03. The molecule has 2 rings (SSSR count). The van der Waals surface area contributed by atoms with E-state index < -0.39 is 6.04 Å². The molecule has 0 spiro atoms. The third-order valence-corrected chi connectivity index (χ3v) is 2.89. The summed E-state index contributed by atoms with van der Waals surface area (Å²) in [4.78, 5) is 4.07. The molecule has 0 aliphatic carbocycles. The van der Waals surface area contributed by atoms with Crippen LogP contribution >= 0.6 is 0 Å². The fraction of sp³-hybridized carbons (Fsp3) is 0.308. The molecule has 6 nitrogen and oxygen atoms in total. The zero-order chi connectivity index (χ0) is 13.8. The molecular weight excluding hydrogens is 246 g/mol. The molecule has 1 atom stereocenters. The van der Waals surface area contributed by atoms with Crippen LogP contribution in [-0.4, -0.2) is 35.5 Å². The average Bonchev–Trinajstić information content (AvgIpc) is 2.94. The third kappa shape index (κ3) is 2.54. The third-order valence-electron chi connectivity index (χ3n) is 2.89. The molecule has 0 aliphatic rings. The first-order valence-electron chi connectivity index (χ1n) is 5.82. The molecule has 1 heterocycles. The highest BCUT2D eigenvalue weighted by Gasteiger charge is 2.15. The number of benzene rings is 1. The quantitative estimate of drug-likeness (QED) is 0.836. The van der Waals surface area contributed by atoms with Gasteiger partial charge in [-0.3, -0.25) is 4.57 Å². The van der Waals surface area contributed by atoms with Gasteiger partial charge >= 0.3 is 0 Å². The summed E-state index contributed by atoms with van der Waals surface area (Å²) in [7, 11) is 3.18. The van der Waals surface area contributed by atoms with Crippen LogP contribution in [0.4, 0.5) is 0 Å². The molecule has 1 aromatic carbocycles. The highest BCUT2D eigenvalue weighted by Crippen LogP contribution is 2.29. The van der Waals surface area contributed by atoms with Gasteiger partial charge in [0, 0.05) is 6.07 Å². The summed E-state index contributed by atoms with van der Waals surface area (Å²) in [5, 5.41) is 9.17. The summed E-state index contributed by atoms with van der Waals surface area (Å²) in [6, 6.07) is 4.97. The second kappa shape index (κ2) is 5.73. The van der Waals surface area contributed by atoms with E-state index in [0.717, 1.165) is 5.69 Å². The molecule has 0 radical (unpaired) electrons. The fourth-order valence-corrected chi connectivity index (χ4v) is 1.86. The summed E-state index contributed by atoms with van der Waals surface area (Å²) in [6.07, 6.45) is 3.26. The summed E-state index contributed by atoms with van der Waals surface area (Å²) >= 11 is 0. The number of imidazole rings is 1. The van der Waals surface area contributed by atoms with Crippen molar-refractivity contribution in [1.29, 1.82) is 0 Å². The number of aromatic nitrogens is 2. The number of aliphatic hydroxyl groups excluding tert-OH is 1. The minimum atomic E-state index is -0.491. The van der Waals surface area contributed by atoms with Gasteiger partial charge in [0.25, 0.3) is 0 Å². The molecule has 2 aromatic rings. The van der Waals surface area contributed by atoms with Crippen molar-refractivity contribution in [3.8, 4) is 17.2 Å². The van der Waals surface area contributed by atoms with Crippen LogP contribution in [0.1, 0.15) is 11.7 Å². The SMILES string of the molecule is COc1ccc(-n2cncc2C(N)CO)c(OC)c1. The summed E-state index contributed by atoms with van der Waals surface area (Å²) < 4.78 is 12.3. The van der Waals surface area contributed by atoms with Gasteiger partial charge in [-0.15, -0.1) is 0 Å². The second-order valence-electron chi connectivity index (χ2n) is 4.02. The van der Waals surface area contributed by atoms with E-state index in [1.54, 1.807) is 37.4 Å². The zero-order valence-corrected chi connectivity index (χ0v) is 10.9. The molecule has 3 N–H and O–H groups in total. The molecule has 6 heteroatoms. The van der Waals surface area contributed by atoms with E-state index in [0.29, 0.717) is 17.2 Å². The monoisotopic (exact) mass is 263 g/mol. The van der Waals surface area contributed by atoms with Gasteiger partial charge in [-0.25, -0.2) is 4.98 Å². The van der Waals surface area contributed by atoms with E-state index in [4.69, 9.17) is 20.3 Å². The predicted molar refractivity (Wildman–Crippen MR) is 70.7 cm³/mol. The number of hydrogen-bond acceptors (Lipinski definition) is 5. The van der Waals surface area contributed by atoms with Crippen LogP contribution in [0.3, 0.4) is 0 Å². The molecule has 0 saturated heterocycles. The molecule has 0 amide bonds. The molecule has 19 heavy (non-hydrogen) atoms. The Morgan fingerprint density at radius 2 is 2.16 bits per heavy atom. The van der Waals surface area contributed by atoms with Crippen LogP contribution in [0.2, 0.25) is 0 Å². The van der Waals surface area contributed by atoms with Crippen LogP contribution < -0.4 is 15.2 Å². The second-order valence-corrected chi connectivity index (χ2v) is 4.02. The maximum Gasteiger partial charge on any atom is 0.146 e. The lowest BCUT2D eigenvalue weighted by Crippen LogP contribution is -2.18. The molecule has 1 aromatic heterocycles. The van der Waals surface area contributed by atoms with Crippen molar-refractivity contribution in [3.63, 3.8) is 0 Å². The first-order chi connectivity index (χ1) is 9.21. The van der Waals surface area contributed by atoms with Crippen molar-refractivity contribution < 1.29 is 14.6 Å². The Morgan fingerprint density at radius 1 is 1.37 bits per heavy atom. The lowest BCUT2D eigenvalue weighted by molar-refractivity contribution is 0.264. The lowest BCUT2D eigenvalue weighted by atomic mass is 10.2. The van der Waals surface area contributed by atoms with Crippen molar-refractivity contribution in [2.75, 3.05) is 20.8 Å². The number of hydrogen-bond donors (Lipinski definition) is 2. The minimum Gasteiger partial charge on any atom is -0.497 e. The smallest absolute Gasteiger partial charge is 0.146 e. The van der Waals surface area contributed by atoms with E-state index in [-0.39, 0.29) is 6.61 Å². The van der Waals surface area contributed by atoms with Gasteiger partial charge in [-0.2, -0.15) is 0 Å². The van der Waals surface area contributed by atoms with Crippen molar-refractivity contribution >= 4 is 0 Å². The van der Waals surface area contributed by atoms with E-state index in [1.807, 2.05) is 12.1 Å². The van der Waals surface area contributed by atoms with Crippen LogP contribution in [0.25, 0.3) is 5.69 Å². The molecule has 0 aliphatic heterocycles. The van der Waals surface area contributed by atoms with Gasteiger partial charge < -0.3 is 20.3 Å². The highest BCUT2D eigenvalue weighted by atomic mass is 16.5. The number of nitrogens with zero attached hydrogens (tertiary/aromatic N) is 2. The Morgan fingerprint density at radius 3 is 2.79 bits per heavy atom. The summed E-state index contributed by atoms with van der Waals surface area (Å²) in [6.45, 7) is -0.149. The Bertz CT molecular complexity index is 554. The van der Waals surface area contributed by atoms with Crippen LogP contribution in [0, 0.1) is 0 Å². The summed E-state index contributed by atoms with van der Waals surface area (Å²) in [5.41, 5.74) is 7.35. The predicted octanol–water partition coefficient (Wildman–Crippen LogP) is 0.882. The van der Waals surface area contributed by atoms with Gasteiger partial charge in [-0.05, 0) is 12.1 Å². The maximum atomic E-state index is 9.17. The van der Waals surface area contributed by atoms with E-state index in [9.17, 15) is 0 Å². The number of aliphatic hydroxyl groups is 1. The number of methoxy groups -OCH3 is 2. The standard InChI is InChI=1S/C13H17N3O3/c1-18-9-3-4-11(13(5-9)19-2)16-8-15-6-12(16)10(14)7-17/h3-6,8,10,17H,7,14H2,1-2H3. The normalized spacial score (nSPS) is 12.2. The first kappa shape index (κ1) is 13.4. The average molecular weight is 263 g/mol. The van der Waals surface area contributed by atoms with E-state index in [2.05, 4.69) is 4.98 Å². The van der Waals surface area contributed by atoms with E-state index in [1.165, 1.54) is 0 Å². The first-order valence-corrected chi connectivity index (χ1v) is 5.82. The largest absolute Gasteiger partial charge is 0.497 e. The molecule has 0 bridgehead atoms. The van der Waals surface area contributed by atoms with Gasteiger partial charge in [-0.1, -0.05) is 0 Å². The van der Waals surface area contributed by atoms with Crippen molar-refractivity contribution in [1.82, 2.24) is 9.55 Å². The van der Waals surface area contributed by atoms with Crippen LogP contribution in [0.5, 0.6) is 11.5 Å². The van der Waals surface area contributed by atoms with Gasteiger partial charge in [0.05, 0.1) is 50.8 Å². The van der Waals surface area contributed by atoms with Gasteiger partial charge in [0.1, 0.15) is 11.5 Å². The Balaban J connectivity index is 2.50. The van der Waals surface area contributed by atoms with Crippen molar-refractivity contribution in [2.45, 2.75) is 6.04 Å². The summed E-state index contributed by atoms with van der Waals surface area (Å²) in [5.74, 6) is 1.34. The molecule has 0 fully saturated rings. The lowest BCUT2D eigenvalue weighted by Gasteiger charge is -2.15. The van der Waals surface area contributed by atoms with Crippen LogP contribution in [0.15, 0.2) is 30.7 Å². The van der Waals surface area contributed by atoms with Crippen LogP contribution in [-0.2, 0) is 0 Å². The Labute approximate surface area is 111 Å². The maximum absolute atomic E-state index is 9.17. The van der Waals surface area contributed by atoms with E-state index >= 15 is 0 Å². The van der Waals surface area contributed by atoms with Gasteiger partial charge in [0.2, 0.25) is 0 Å².